The molecule has 4 rings (SSSR count). The van der Waals surface area contributed by atoms with Gasteiger partial charge in [0.05, 0.1) is 17.9 Å². The Hall–Kier alpha value is -3.14. The molecular formula is C20H21N5O2. The highest BCUT2D eigenvalue weighted by molar-refractivity contribution is 6.03. The molecule has 1 aliphatic heterocycles. The molecule has 2 aromatic rings. The number of carbonyl (C=O) groups is 2. The third kappa shape index (κ3) is 3.19. The van der Waals surface area contributed by atoms with E-state index in [1.54, 1.807) is 23.2 Å². The van der Waals surface area contributed by atoms with E-state index in [2.05, 4.69) is 30.2 Å². The first-order valence-corrected chi connectivity index (χ1v) is 8.97. The number of nitrogens with zero attached hydrogens (tertiary/aromatic N) is 3. The van der Waals surface area contributed by atoms with E-state index in [-0.39, 0.29) is 29.1 Å². The third-order valence-corrected chi connectivity index (χ3v) is 5.23. The first kappa shape index (κ1) is 17.3. The van der Waals surface area contributed by atoms with Gasteiger partial charge >= 0.3 is 0 Å². The maximum atomic E-state index is 12.4. The van der Waals surface area contributed by atoms with Crippen LogP contribution < -0.4 is 16.0 Å². The van der Waals surface area contributed by atoms with Crippen LogP contribution >= 0.6 is 0 Å². The van der Waals surface area contributed by atoms with Crippen LogP contribution in [0, 0.1) is 28.6 Å². The average molecular weight is 363 g/mol. The van der Waals surface area contributed by atoms with Crippen molar-refractivity contribution in [1.29, 1.82) is 5.26 Å². The van der Waals surface area contributed by atoms with Gasteiger partial charge in [0.15, 0.2) is 0 Å². The summed E-state index contributed by atoms with van der Waals surface area (Å²) < 4.78 is 0. The standard InChI is InChI=1S/C20H21N5O2/c1-20(2)7-18(26)25(10-20)13-3-11-5-17(23-9-15(11)16(22)6-13)24-19(27)14-4-12(14)8-21/h3,5-6,9,12,14H,4,7,10,22H2,1-2H3,(H,23,24,27)/t12-,14+/m1/s1. The summed E-state index contributed by atoms with van der Waals surface area (Å²) in [5.74, 6) is -0.141. The maximum Gasteiger partial charge on any atom is 0.230 e. The summed E-state index contributed by atoms with van der Waals surface area (Å²) in [5, 5.41) is 13.2. The van der Waals surface area contributed by atoms with E-state index < -0.39 is 0 Å². The van der Waals surface area contributed by atoms with E-state index in [0.717, 1.165) is 16.5 Å². The molecule has 7 heteroatoms. The Labute approximate surface area is 157 Å². The molecule has 1 aromatic carbocycles. The number of hydrogen-bond donors (Lipinski definition) is 2. The van der Waals surface area contributed by atoms with Crippen molar-refractivity contribution in [3.8, 4) is 6.07 Å². The van der Waals surface area contributed by atoms with Gasteiger partial charge in [0.1, 0.15) is 5.82 Å². The lowest BCUT2D eigenvalue weighted by Gasteiger charge is -2.21. The molecule has 1 saturated heterocycles. The third-order valence-electron chi connectivity index (χ3n) is 5.23. The fraction of sp³-hybridized carbons (Fsp3) is 0.400. The van der Waals surface area contributed by atoms with Gasteiger partial charge in [-0.2, -0.15) is 5.26 Å². The second-order valence-electron chi connectivity index (χ2n) is 8.21. The van der Waals surface area contributed by atoms with Gasteiger partial charge in [0.2, 0.25) is 11.8 Å². The van der Waals surface area contributed by atoms with Gasteiger partial charge in [-0.15, -0.1) is 0 Å². The van der Waals surface area contributed by atoms with Crippen molar-refractivity contribution in [3.63, 3.8) is 0 Å². The molecule has 1 saturated carbocycles. The number of pyridine rings is 1. The van der Waals surface area contributed by atoms with Crippen molar-refractivity contribution in [2.45, 2.75) is 26.7 Å². The number of fused-ring (bicyclic) bond motifs is 1. The molecular weight excluding hydrogens is 342 g/mol. The number of amides is 2. The highest BCUT2D eigenvalue weighted by Crippen LogP contribution is 2.39. The Kier molecular flexibility index (Phi) is 3.81. The lowest BCUT2D eigenvalue weighted by atomic mass is 9.93. The normalized spacial score (nSPS) is 23.3. The fourth-order valence-corrected chi connectivity index (χ4v) is 3.65. The second kappa shape index (κ2) is 5.95. The number of nitrogens with one attached hydrogen (secondary N) is 1. The van der Waals surface area contributed by atoms with E-state index in [1.165, 1.54) is 0 Å². The molecule has 0 spiro atoms. The van der Waals surface area contributed by atoms with Crippen molar-refractivity contribution in [2.24, 2.45) is 17.3 Å². The number of nitrogen functional groups attached to an aromatic ring is 1. The van der Waals surface area contributed by atoms with E-state index in [0.29, 0.717) is 30.9 Å². The van der Waals surface area contributed by atoms with E-state index >= 15 is 0 Å². The van der Waals surface area contributed by atoms with Gasteiger partial charge in [0.25, 0.3) is 0 Å². The Morgan fingerprint density at radius 2 is 2.19 bits per heavy atom. The van der Waals surface area contributed by atoms with E-state index in [4.69, 9.17) is 11.0 Å². The topological polar surface area (TPSA) is 112 Å². The monoisotopic (exact) mass is 363 g/mol. The van der Waals surface area contributed by atoms with Crippen LogP contribution in [0.15, 0.2) is 24.4 Å². The SMILES string of the molecule is CC1(C)CC(=O)N(c2cc(N)c3cnc(NC(=O)[C@H]4C[C@@H]4C#N)cc3c2)C1. The lowest BCUT2D eigenvalue weighted by Crippen LogP contribution is -2.26. The minimum atomic E-state index is -0.256. The molecule has 1 aromatic heterocycles. The number of aromatic nitrogens is 1. The molecule has 0 unspecified atom stereocenters. The summed E-state index contributed by atoms with van der Waals surface area (Å²) in [4.78, 5) is 30.6. The summed E-state index contributed by atoms with van der Waals surface area (Å²) in [6, 6.07) is 7.55. The molecule has 2 heterocycles. The van der Waals surface area contributed by atoms with Crippen LogP contribution in [0.25, 0.3) is 10.8 Å². The van der Waals surface area contributed by atoms with Gasteiger partial charge in [0, 0.05) is 35.9 Å². The molecule has 0 radical (unpaired) electrons. The Morgan fingerprint density at radius 3 is 2.81 bits per heavy atom. The minimum Gasteiger partial charge on any atom is -0.398 e. The average Bonchev–Trinajstić information content (AvgIpc) is 3.33. The zero-order valence-corrected chi connectivity index (χ0v) is 15.3. The predicted octanol–water partition coefficient (Wildman–Crippen LogP) is 2.68. The smallest absolute Gasteiger partial charge is 0.230 e. The van der Waals surface area contributed by atoms with Crippen molar-refractivity contribution in [1.82, 2.24) is 4.98 Å². The summed E-state index contributed by atoms with van der Waals surface area (Å²) in [6.45, 7) is 4.78. The Morgan fingerprint density at radius 1 is 1.41 bits per heavy atom. The van der Waals surface area contributed by atoms with Crippen LogP contribution in [0.2, 0.25) is 0 Å². The molecule has 2 aliphatic rings. The number of anilines is 3. The molecule has 2 amide bonds. The maximum absolute atomic E-state index is 12.4. The van der Waals surface area contributed by atoms with Gasteiger partial charge in [-0.1, -0.05) is 13.8 Å². The van der Waals surface area contributed by atoms with Crippen LogP contribution in [-0.2, 0) is 9.59 Å². The summed E-state index contributed by atoms with van der Waals surface area (Å²) in [5.41, 5.74) is 7.41. The van der Waals surface area contributed by atoms with Crippen LogP contribution in [0.5, 0.6) is 0 Å². The number of hydrogen-bond acceptors (Lipinski definition) is 5. The molecule has 3 N–H and O–H groups in total. The highest BCUT2D eigenvalue weighted by Gasteiger charge is 2.43. The molecule has 2 fully saturated rings. The molecule has 0 bridgehead atoms. The van der Waals surface area contributed by atoms with Crippen molar-refractivity contribution in [3.05, 3.63) is 24.4 Å². The van der Waals surface area contributed by atoms with E-state index in [9.17, 15) is 9.59 Å². The summed E-state index contributed by atoms with van der Waals surface area (Å²) >= 11 is 0. The summed E-state index contributed by atoms with van der Waals surface area (Å²) in [6.07, 6.45) is 2.72. The van der Waals surface area contributed by atoms with Crippen molar-refractivity contribution >= 4 is 39.8 Å². The Balaban J connectivity index is 1.64. The lowest BCUT2D eigenvalue weighted by molar-refractivity contribution is -0.118. The molecule has 7 nitrogen and oxygen atoms in total. The first-order chi connectivity index (χ1) is 12.8. The van der Waals surface area contributed by atoms with Gasteiger partial charge < -0.3 is 16.0 Å². The van der Waals surface area contributed by atoms with Crippen LogP contribution in [0.4, 0.5) is 17.2 Å². The first-order valence-electron chi connectivity index (χ1n) is 8.97. The minimum absolute atomic E-state index is 0.0697. The zero-order valence-electron chi connectivity index (χ0n) is 15.3. The molecule has 27 heavy (non-hydrogen) atoms. The van der Waals surface area contributed by atoms with Crippen LogP contribution in [0.3, 0.4) is 0 Å². The quantitative estimate of drug-likeness (QED) is 0.814. The molecule has 1 aliphatic carbocycles. The predicted molar refractivity (Wildman–Crippen MR) is 103 cm³/mol. The fourth-order valence-electron chi connectivity index (χ4n) is 3.65. The second-order valence-corrected chi connectivity index (χ2v) is 8.21. The van der Waals surface area contributed by atoms with Gasteiger partial charge in [-0.25, -0.2) is 4.98 Å². The number of nitriles is 1. The van der Waals surface area contributed by atoms with Crippen molar-refractivity contribution < 1.29 is 9.59 Å². The zero-order chi connectivity index (χ0) is 19.3. The highest BCUT2D eigenvalue weighted by atomic mass is 16.2. The largest absolute Gasteiger partial charge is 0.398 e. The summed E-state index contributed by atoms with van der Waals surface area (Å²) in [7, 11) is 0. The number of rotatable bonds is 3. The number of benzene rings is 1. The number of nitrogens with two attached hydrogens (primary N) is 1. The van der Waals surface area contributed by atoms with E-state index in [1.807, 2.05) is 6.07 Å². The van der Waals surface area contributed by atoms with Crippen molar-refractivity contribution in [2.75, 3.05) is 22.5 Å². The Bertz CT molecular complexity index is 1010. The van der Waals surface area contributed by atoms with Crippen LogP contribution in [-0.4, -0.2) is 23.3 Å². The van der Waals surface area contributed by atoms with Gasteiger partial charge in [-0.05, 0) is 35.4 Å². The van der Waals surface area contributed by atoms with Gasteiger partial charge in [-0.3, -0.25) is 9.59 Å². The van der Waals surface area contributed by atoms with Crippen LogP contribution in [0.1, 0.15) is 26.7 Å². The number of carbonyl (C=O) groups excluding carboxylic acids is 2. The molecule has 138 valence electrons. The molecule has 2 atom stereocenters.